The van der Waals surface area contributed by atoms with Crippen LogP contribution >= 0.6 is 0 Å². The number of nitrogen functional groups attached to an aromatic ring is 1. The van der Waals surface area contributed by atoms with Gasteiger partial charge in [0.25, 0.3) is 0 Å². The minimum Gasteiger partial charge on any atom is -0.481 e. The second-order valence-corrected chi connectivity index (χ2v) is 5.26. The fourth-order valence-corrected chi connectivity index (χ4v) is 2.58. The van der Waals surface area contributed by atoms with Gasteiger partial charge in [0.15, 0.2) is 0 Å². The van der Waals surface area contributed by atoms with Crippen LogP contribution in [0.1, 0.15) is 16.8 Å². The number of benzene rings is 2. The zero-order valence-electron chi connectivity index (χ0n) is 12.0. The molecule has 4 heteroatoms. The van der Waals surface area contributed by atoms with E-state index in [1.54, 1.807) is 6.20 Å². The first-order chi connectivity index (χ1) is 10.6. The Hall–Kier alpha value is -2.88. The molecule has 0 atom stereocenters. The quantitative estimate of drug-likeness (QED) is 0.725. The van der Waals surface area contributed by atoms with E-state index < -0.39 is 5.97 Å². The number of anilines is 1. The molecule has 0 unspecified atom stereocenters. The predicted octanol–water partition coefficient (Wildman–Crippen LogP) is 3.03. The highest BCUT2D eigenvalue weighted by Gasteiger charge is 2.10. The van der Waals surface area contributed by atoms with E-state index >= 15 is 0 Å². The van der Waals surface area contributed by atoms with Crippen LogP contribution in [0, 0.1) is 0 Å². The maximum Gasteiger partial charge on any atom is 0.307 e. The van der Waals surface area contributed by atoms with E-state index in [4.69, 9.17) is 10.8 Å². The molecular weight excluding hydrogens is 276 g/mol. The first-order valence-electron chi connectivity index (χ1n) is 7.05. The summed E-state index contributed by atoms with van der Waals surface area (Å²) in [5.74, 6) is -0.849. The summed E-state index contributed by atoms with van der Waals surface area (Å²) in [5, 5.41) is 11.0. The van der Waals surface area contributed by atoms with Gasteiger partial charge in [0.2, 0.25) is 0 Å². The van der Waals surface area contributed by atoms with Crippen LogP contribution in [0.4, 0.5) is 5.69 Å². The average Bonchev–Trinajstić information content (AvgIpc) is 2.51. The Morgan fingerprint density at radius 2 is 1.73 bits per heavy atom. The Labute approximate surface area is 128 Å². The summed E-state index contributed by atoms with van der Waals surface area (Å²) in [6.07, 6.45) is 2.34. The van der Waals surface area contributed by atoms with Gasteiger partial charge in [-0.2, -0.15) is 0 Å². The van der Waals surface area contributed by atoms with Crippen LogP contribution in [0.25, 0.3) is 10.8 Å². The molecule has 2 aromatic carbocycles. The summed E-state index contributed by atoms with van der Waals surface area (Å²) in [4.78, 5) is 15.5. The number of nitrogens with zero attached hydrogens (tertiary/aromatic N) is 1. The number of carboxylic acid groups (broad SMARTS) is 1. The lowest BCUT2D eigenvalue weighted by atomic mass is 9.99. The summed E-state index contributed by atoms with van der Waals surface area (Å²) in [6.45, 7) is 0. The van der Waals surface area contributed by atoms with Gasteiger partial charge < -0.3 is 10.8 Å². The molecule has 0 spiro atoms. The van der Waals surface area contributed by atoms with Crippen molar-refractivity contribution in [2.75, 3.05) is 5.73 Å². The highest BCUT2D eigenvalue weighted by atomic mass is 16.4. The molecule has 110 valence electrons. The normalized spacial score (nSPS) is 10.7. The molecule has 3 N–H and O–H groups in total. The summed E-state index contributed by atoms with van der Waals surface area (Å²) in [5.41, 5.74) is 9.24. The summed E-state index contributed by atoms with van der Waals surface area (Å²) >= 11 is 0. The molecule has 0 aliphatic rings. The number of aliphatic carboxylic acids is 1. The Morgan fingerprint density at radius 3 is 2.41 bits per heavy atom. The van der Waals surface area contributed by atoms with E-state index in [-0.39, 0.29) is 6.42 Å². The molecule has 3 aromatic rings. The van der Waals surface area contributed by atoms with Crippen molar-refractivity contribution in [3.63, 3.8) is 0 Å². The number of carboxylic acids is 1. The maximum atomic E-state index is 11.0. The van der Waals surface area contributed by atoms with E-state index in [1.807, 2.05) is 48.5 Å². The predicted molar refractivity (Wildman–Crippen MR) is 86.7 cm³/mol. The van der Waals surface area contributed by atoms with Crippen molar-refractivity contribution in [3.8, 4) is 0 Å². The lowest BCUT2D eigenvalue weighted by molar-refractivity contribution is -0.136. The van der Waals surface area contributed by atoms with Gasteiger partial charge in [0.1, 0.15) is 0 Å². The highest BCUT2D eigenvalue weighted by Crippen LogP contribution is 2.23. The number of carbonyl (C=O) groups is 1. The Bertz CT molecular complexity index is 826. The number of pyridine rings is 1. The van der Waals surface area contributed by atoms with E-state index in [0.29, 0.717) is 6.42 Å². The van der Waals surface area contributed by atoms with Crippen LogP contribution < -0.4 is 5.73 Å². The Balaban J connectivity index is 2.03. The van der Waals surface area contributed by atoms with Crippen LogP contribution in [0.3, 0.4) is 0 Å². The SMILES string of the molecule is Nc1ccc(Cc2ncc(CC(=O)O)c3ccccc23)cc1. The number of aromatic nitrogens is 1. The second kappa shape index (κ2) is 5.85. The van der Waals surface area contributed by atoms with E-state index in [1.165, 1.54) is 0 Å². The van der Waals surface area contributed by atoms with Crippen molar-refractivity contribution in [2.45, 2.75) is 12.8 Å². The molecule has 3 rings (SSSR count). The first-order valence-corrected chi connectivity index (χ1v) is 7.05. The molecule has 0 bridgehead atoms. The fourth-order valence-electron chi connectivity index (χ4n) is 2.58. The van der Waals surface area contributed by atoms with Crippen molar-refractivity contribution < 1.29 is 9.90 Å². The third-order valence-electron chi connectivity index (χ3n) is 3.65. The molecule has 1 aromatic heterocycles. The largest absolute Gasteiger partial charge is 0.481 e. The van der Waals surface area contributed by atoms with Crippen molar-refractivity contribution in [1.29, 1.82) is 0 Å². The topological polar surface area (TPSA) is 76.2 Å². The second-order valence-electron chi connectivity index (χ2n) is 5.26. The molecule has 0 saturated carbocycles. The van der Waals surface area contributed by atoms with E-state index in [2.05, 4.69) is 4.98 Å². The number of fused-ring (bicyclic) bond motifs is 1. The van der Waals surface area contributed by atoms with E-state index in [0.717, 1.165) is 33.3 Å². The van der Waals surface area contributed by atoms with E-state index in [9.17, 15) is 4.79 Å². The monoisotopic (exact) mass is 292 g/mol. The molecule has 0 aliphatic heterocycles. The van der Waals surface area contributed by atoms with Gasteiger partial charge in [-0.05, 0) is 28.6 Å². The lowest BCUT2D eigenvalue weighted by Gasteiger charge is -2.09. The minimum absolute atomic E-state index is 0.0182. The maximum absolute atomic E-state index is 11.0. The van der Waals surface area contributed by atoms with Gasteiger partial charge in [0.05, 0.1) is 12.1 Å². The van der Waals surface area contributed by atoms with Crippen LogP contribution in [-0.4, -0.2) is 16.1 Å². The zero-order chi connectivity index (χ0) is 15.5. The Morgan fingerprint density at radius 1 is 1.05 bits per heavy atom. The van der Waals surface area contributed by atoms with Gasteiger partial charge in [-0.25, -0.2) is 0 Å². The molecule has 0 saturated heterocycles. The van der Waals surface area contributed by atoms with Gasteiger partial charge in [-0.15, -0.1) is 0 Å². The highest BCUT2D eigenvalue weighted by molar-refractivity contribution is 5.90. The lowest BCUT2D eigenvalue weighted by Crippen LogP contribution is -2.03. The molecule has 4 nitrogen and oxygen atoms in total. The molecule has 0 fully saturated rings. The molecule has 0 aliphatic carbocycles. The van der Waals surface area contributed by atoms with Gasteiger partial charge in [-0.1, -0.05) is 36.4 Å². The van der Waals surface area contributed by atoms with Crippen molar-refractivity contribution in [3.05, 3.63) is 71.5 Å². The minimum atomic E-state index is -0.849. The van der Waals surface area contributed by atoms with Crippen LogP contribution in [0.15, 0.2) is 54.7 Å². The molecule has 22 heavy (non-hydrogen) atoms. The third kappa shape index (κ3) is 2.91. The first kappa shape index (κ1) is 14.1. The number of rotatable bonds is 4. The molecule has 0 amide bonds. The molecular formula is C18H16N2O2. The smallest absolute Gasteiger partial charge is 0.307 e. The average molecular weight is 292 g/mol. The standard InChI is InChI=1S/C18H16N2O2/c19-14-7-5-12(6-8-14)9-17-16-4-2-1-3-15(16)13(11-20-17)10-18(21)22/h1-8,11H,9-10,19H2,(H,21,22). The van der Waals surface area contributed by atoms with Crippen LogP contribution in [-0.2, 0) is 17.6 Å². The van der Waals surface area contributed by atoms with Crippen molar-refractivity contribution in [2.24, 2.45) is 0 Å². The molecule has 0 radical (unpaired) electrons. The number of hydrogen-bond acceptors (Lipinski definition) is 3. The summed E-state index contributed by atoms with van der Waals surface area (Å²) < 4.78 is 0. The summed E-state index contributed by atoms with van der Waals surface area (Å²) in [6, 6.07) is 15.5. The van der Waals surface area contributed by atoms with Crippen molar-refractivity contribution >= 4 is 22.4 Å². The van der Waals surface area contributed by atoms with Gasteiger partial charge in [0, 0.05) is 23.7 Å². The van der Waals surface area contributed by atoms with Crippen LogP contribution in [0.5, 0.6) is 0 Å². The number of hydrogen-bond donors (Lipinski definition) is 2. The zero-order valence-corrected chi connectivity index (χ0v) is 12.0. The van der Waals surface area contributed by atoms with Gasteiger partial charge in [-0.3, -0.25) is 9.78 Å². The van der Waals surface area contributed by atoms with Crippen molar-refractivity contribution in [1.82, 2.24) is 4.98 Å². The number of nitrogens with two attached hydrogens (primary N) is 1. The van der Waals surface area contributed by atoms with Crippen LogP contribution in [0.2, 0.25) is 0 Å². The summed E-state index contributed by atoms with van der Waals surface area (Å²) in [7, 11) is 0. The fraction of sp³-hybridized carbons (Fsp3) is 0.111. The van der Waals surface area contributed by atoms with Gasteiger partial charge >= 0.3 is 5.97 Å². The molecule has 1 heterocycles. The Kier molecular flexibility index (Phi) is 3.74. The third-order valence-corrected chi connectivity index (χ3v) is 3.65.